The average molecular weight is 253 g/mol. The zero-order chi connectivity index (χ0) is 13.4. The molecular weight excluding hydrogens is 229 g/mol. The fraction of sp³-hybridized carbons (Fsp3) is 0.600. The van der Waals surface area contributed by atoms with Gasteiger partial charge in [-0.3, -0.25) is 0 Å². The lowest BCUT2D eigenvalue weighted by Crippen LogP contribution is -2.34. The second kappa shape index (κ2) is 8.22. The number of ether oxygens (including phenoxy) is 1. The molecule has 2 atom stereocenters. The number of halogens is 1. The van der Waals surface area contributed by atoms with Gasteiger partial charge in [-0.05, 0) is 44.0 Å². The molecule has 102 valence electrons. The van der Waals surface area contributed by atoms with Gasteiger partial charge in [-0.25, -0.2) is 4.39 Å². The molecule has 1 aromatic rings. The summed E-state index contributed by atoms with van der Waals surface area (Å²) >= 11 is 0. The molecule has 1 rings (SSSR count). The maximum absolute atomic E-state index is 13.3. The summed E-state index contributed by atoms with van der Waals surface area (Å²) in [6.07, 6.45) is 2.04. The van der Waals surface area contributed by atoms with Gasteiger partial charge in [-0.1, -0.05) is 26.0 Å². The molecule has 18 heavy (non-hydrogen) atoms. The fourth-order valence-electron chi connectivity index (χ4n) is 2.13. The Bertz CT molecular complexity index is 343. The first-order chi connectivity index (χ1) is 8.72. The largest absolute Gasteiger partial charge is 0.377 e. The van der Waals surface area contributed by atoms with Crippen molar-refractivity contribution >= 4 is 0 Å². The predicted octanol–water partition coefficient (Wildman–Crippen LogP) is 3.68. The van der Waals surface area contributed by atoms with Gasteiger partial charge >= 0.3 is 0 Å². The predicted molar refractivity (Wildman–Crippen MR) is 73.1 cm³/mol. The first kappa shape index (κ1) is 15.1. The van der Waals surface area contributed by atoms with Crippen LogP contribution in [0.15, 0.2) is 24.3 Å². The number of rotatable bonds is 8. The van der Waals surface area contributed by atoms with Crippen molar-refractivity contribution in [1.82, 2.24) is 5.32 Å². The molecule has 0 spiro atoms. The lowest BCUT2D eigenvalue weighted by molar-refractivity contribution is 0.0314. The van der Waals surface area contributed by atoms with E-state index in [-0.39, 0.29) is 18.0 Å². The molecule has 2 nitrogen and oxygen atoms in total. The Hall–Kier alpha value is -0.930. The Morgan fingerprint density at radius 3 is 2.61 bits per heavy atom. The highest BCUT2D eigenvalue weighted by atomic mass is 19.1. The van der Waals surface area contributed by atoms with E-state index in [9.17, 15) is 4.39 Å². The van der Waals surface area contributed by atoms with Crippen molar-refractivity contribution in [3.8, 4) is 0 Å². The van der Waals surface area contributed by atoms with Crippen LogP contribution in [-0.2, 0) is 4.74 Å². The van der Waals surface area contributed by atoms with Gasteiger partial charge in [0.2, 0.25) is 0 Å². The Kier molecular flexibility index (Phi) is 6.91. The van der Waals surface area contributed by atoms with Crippen molar-refractivity contribution in [3.63, 3.8) is 0 Å². The lowest BCUT2D eigenvalue weighted by atomic mass is 9.99. The first-order valence-electron chi connectivity index (χ1n) is 6.83. The highest BCUT2D eigenvalue weighted by molar-refractivity contribution is 5.21. The van der Waals surface area contributed by atoms with E-state index in [0.29, 0.717) is 6.61 Å². The first-order valence-corrected chi connectivity index (χ1v) is 6.83. The Balaban J connectivity index is 2.88. The zero-order valence-corrected chi connectivity index (χ0v) is 11.6. The molecule has 0 amide bonds. The molecule has 0 aliphatic rings. The highest BCUT2D eigenvalue weighted by Crippen LogP contribution is 2.22. The number of benzene rings is 1. The van der Waals surface area contributed by atoms with Crippen LogP contribution in [0.4, 0.5) is 4.39 Å². The highest BCUT2D eigenvalue weighted by Gasteiger charge is 2.21. The van der Waals surface area contributed by atoms with E-state index in [4.69, 9.17) is 4.74 Å². The summed E-state index contributed by atoms with van der Waals surface area (Å²) in [6, 6.07) is 6.84. The van der Waals surface area contributed by atoms with Crippen LogP contribution in [0.1, 0.15) is 45.2 Å². The molecule has 1 aromatic carbocycles. The van der Waals surface area contributed by atoms with Gasteiger partial charge in [0.05, 0.1) is 12.1 Å². The Morgan fingerprint density at radius 2 is 2.06 bits per heavy atom. The van der Waals surface area contributed by atoms with Crippen LogP contribution in [0.5, 0.6) is 0 Å². The minimum Gasteiger partial charge on any atom is -0.377 e. The van der Waals surface area contributed by atoms with E-state index in [1.165, 1.54) is 6.07 Å². The van der Waals surface area contributed by atoms with Crippen LogP contribution in [0.2, 0.25) is 0 Å². The van der Waals surface area contributed by atoms with Gasteiger partial charge in [0.25, 0.3) is 0 Å². The van der Waals surface area contributed by atoms with Crippen molar-refractivity contribution in [2.75, 3.05) is 13.2 Å². The van der Waals surface area contributed by atoms with Gasteiger partial charge in [-0.15, -0.1) is 0 Å². The molecule has 0 saturated carbocycles. The van der Waals surface area contributed by atoms with E-state index in [2.05, 4.69) is 19.2 Å². The van der Waals surface area contributed by atoms with Crippen LogP contribution in [0, 0.1) is 5.82 Å². The third-order valence-corrected chi connectivity index (χ3v) is 2.98. The monoisotopic (exact) mass is 253 g/mol. The van der Waals surface area contributed by atoms with Crippen molar-refractivity contribution in [1.29, 1.82) is 0 Å². The van der Waals surface area contributed by atoms with Gasteiger partial charge in [0.15, 0.2) is 0 Å². The zero-order valence-electron chi connectivity index (χ0n) is 11.6. The number of hydrogen-bond acceptors (Lipinski definition) is 2. The van der Waals surface area contributed by atoms with Gasteiger partial charge in [-0.2, -0.15) is 0 Å². The Morgan fingerprint density at radius 1 is 1.28 bits per heavy atom. The van der Waals surface area contributed by atoms with Gasteiger partial charge < -0.3 is 10.1 Å². The lowest BCUT2D eigenvalue weighted by Gasteiger charge is -2.27. The SMILES string of the molecule is CCCNC(c1cccc(F)c1)C(CC)OCC. The molecular formula is C15H24FNO. The standard InChI is InChI=1S/C15H24FNO/c1-4-10-17-15(14(5-2)18-6-3)12-8-7-9-13(16)11-12/h7-9,11,14-15,17H,4-6,10H2,1-3H3. The van der Waals surface area contributed by atoms with Crippen molar-refractivity contribution in [2.24, 2.45) is 0 Å². The average Bonchev–Trinajstić information content (AvgIpc) is 2.38. The third-order valence-electron chi connectivity index (χ3n) is 2.98. The summed E-state index contributed by atoms with van der Waals surface area (Å²) in [5.41, 5.74) is 0.962. The summed E-state index contributed by atoms with van der Waals surface area (Å²) in [5.74, 6) is -0.192. The normalized spacial score (nSPS) is 14.4. The smallest absolute Gasteiger partial charge is 0.123 e. The minimum absolute atomic E-state index is 0.0607. The van der Waals surface area contributed by atoms with Gasteiger partial charge in [0.1, 0.15) is 5.82 Å². The van der Waals surface area contributed by atoms with E-state index in [1.54, 1.807) is 12.1 Å². The molecule has 0 heterocycles. The molecule has 0 aromatic heterocycles. The van der Waals surface area contributed by atoms with E-state index >= 15 is 0 Å². The molecule has 0 aliphatic carbocycles. The number of hydrogen-bond donors (Lipinski definition) is 1. The molecule has 0 fully saturated rings. The van der Waals surface area contributed by atoms with Crippen LogP contribution in [0.3, 0.4) is 0 Å². The van der Waals surface area contributed by atoms with Crippen LogP contribution < -0.4 is 5.32 Å². The van der Waals surface area contributed by atoms with Crippen molar-refractivity contribution in [2.45, 2.75) is 45.8 Å². The summed E-state index contributed by atoms with van der Waals surface area (Å²) in [7, 11) is 0. The van der Waals surface area contributed by atoms with Crippen LogP contribution in [0.25, 0.3) is 0 Å². The quantitative estimate of drug-likeness (QED) is 0.763. The second-order valence-electron chi connectivity index (χ2n) is 4.39. The maximum atomic E-state index is 13.3. The fourth-order valence-corrected chi connectivity index (χ4v) is 2.13. The molecule has 2 unspecified atom stereocenters. The molecule has 1 N–H and O–H groups in total. The van der Waals surface area contributed by atoms with Gasteiger partial charge in [0, 0.05) is 6.61 Å². The van der Waals surface area contributed by atoms with E-state index < -0.39 is 0 Å². The van der Waals surface area contributed by atoms with E-state index in [0.717, 1.165) is 24.9 Å². The minimum atomic E-state index is -0.192. The number of nitrogens with one attached hydrogen (secondary N) is 1. The summed E-state index contributed by atoms with van der Waals surface area (Å²) < 4.78 is 19.1. The van der Waals surface area contributed by atoms with Crippen LogP contribution in [-0.4, -0.2) is 19.3 Å². The van der Waals surface area contributed by atoms with Crippen LogP contribution >= 0.6 is 0 Å². The summed E-state index contributed by atoms with van der Waals surface area (Å²) in [5, 5.41) is 3.46. The maximum Gasteiger partial charge on any atom is 0.123 e. The van der Waals surface area contributed by atoms with E-state index in [1.807, 2.05) is 13.0 Å². The molecule has 0 saturated heterocycles. The summed E-state index contributed by atoms with van der Waals surface area (Å²) in [4.78, 5) is 0. The molecule has 0 bridgehead atoms. The topological polar surface area (TPSA) is 21.3 Å². The molecule has 0 radical (unpaired) electrons. The van der Waals surface area contributed by atoms with Crippen molar-refractivity contribution in [3.05, 3.63) is 35.6 Å². The Labute approximate surface area is 110 Å². The molecule has 3 heteroatoms. The molecule has 0 aliphatic heterocycles. The summed E-state index contributed by atoms with van der Waals surface area (Å²) in [6.45, 7) is 7.80. The second-order valence-corrected chi connectivity index (χ2v) is 4.39. The van der Waals surface area contributed by atoms with Crippen molar-refractivity contribution < 1.29 is 9.13 Å². The third kappa shape index (κ3) is 4.39.